The summed E-state index contributed by atoms with van der Waals surface area (Å²) >= 11 is 1.85. The van der Waals surface area contributed by atoms with Crippen LogP contribution in [0.3, 0.4) is 0 Å². The molecule has 2 heteroatoms. The normalized spacial score (nSPS) is 19.3. The van der Waals surface area contributed by atoms with E-state index in [2.05, 4.69) is 24.3 Å². The van der Waals surface area contributed by atoms with Crippen LogP contribution in [0.25, 0.3) is 0 Å². The molecule has 0 aromatic heterocycles. The summed E-state index contributed by atoms with van der Waals surface area (Å²) in [6, 6.07) is 10.4. The first-order valence-electron chi connectivity index (χ1n) is 5.69. The molecule has 1 fully saturated rings. The Morgan fingerprint density at radius 2 is 1.80 bits per heavy atom. The van der Waals surface area contributed by atoms with Gasteiger partial charge in [0.05, 0.1) is 5.60 Å². The fourth-order valence-corrected chi connectivity index (χ4v) is 3.23. The van der Waals surface area contributed by atoms with Crippen molar-refractivity contribution in [2.75, 3.05) is 5.75 Å². The van der Waals surface area contributed by atoms with E-state index in [4.69, 9.17) is 0 Å². The van der Waals surface area contributed by atoms with Crippen LogP contribution in [0.1, 0.15) is 32.1 Å². The molecule has 1 aliphatic rings. The van der Waals surface area contributed by atoms with Gasteiger partial charge in [-0.05, 0) is 31.4 Å². The van der Waals surface area contributed by atoms with Gasteiger partial charge in [0.25, 0.3) is 0 Å². The maximum Gasteiger partial charge on any atom is 0.0655 e. The van der Waals surface area contributed by atoms with Crippen LogP contribution < -0.4 is 0 Å². The average Bonchev–Trinajstić information content (AvgIpc) is 2.67. The molecule has 1 saturated carbocycles. The van der Waals surface area contributed by atoms with Crippen LogP contribution >= 0.6 is 11.8 Å². The van der Waals surface area contributed by atoms with Crippen LogP contribution in [0.5, 0.6) is 0 Å². The molecule has 82 valence electrons. The zero-order valence-corrected chi connectivity index (χ0v) is 9.80. The maximum absolute atomic E-state index is 10.2. The number of thioether (sulfide) groups is 1. The van der Waals surface area contributed by atoms with Gasteiger partial charge in [-0.15, -0.1) is 11.8 Å². The molecule has 0 radical (unpaired) electrons. The molecule has 1 aromatic carbocycles. The summed E-state index contributed by atoms with van der Waals surface area (Å²) in [6.07, 6.45) is 5.34. The Hall–Kier alpha value is -0.470. The highest BCUT2D eigenvalue weighted by Gasteiger charge is 2.30. The molecule has 1 aromatic rings. The zero-order chi connectivity index (χ0) is 10.6. The Morgan fingerprint density at radius 1 is 1.13 bits per heavy atom. The van der Waals surface area contributed by atoms with E-state index in [9.17, 15) is 5.11 Å². The highest BCUT2D eigenvalue weighted by molar-refractivity contribution is 7.99. The maximum atomic E-state index is 10.2. The minimum absolute atomic E-state index is 0.345. The van der Waals surface area contributed by atoms with Crippen molar-refractivity contribution in [1.29, 1.82) is 0 Å². The molecule has 1 nitrogen and oxygen atoms in total. The van der Waals surface area contributed by atoms with Crippen LogP contribution in [-0.4, -0.2) is 16.5 Å². The van der Waals surface area contributed by atoms with Gasteiger partial charge in [-0.2, -0.15) is 0 Å². The third-order valence-electron chi connectivity index (χ3n) is 3.11. The lowest BCUT2D eigenvalue weighted by Crippen LogP contribution is -2.24. The molecule has 0 bridgehead atoms. The molecule has 1 N–H and O–H groups in total. The van der Waals surface area contributed by atoms with Gasteiger partial charge in [0.1, 0.15) is 0 Å². The second kappa shape index (κ2) is 5.04. The van der Waals surface area contributed by atoms with Crippen molar-refractivity contribution in [3.63, 3.8) is 0 Å². The standard InChI is InChI=1S/C13H18OS/c14-13(8-4-5-9-13)10-11-15-12-6-2-1-3-7-12/h1-3,6-7,14H,4-5,8-11H2. The molecule has 1 aliphatic carbocycles. The van der Waals surface area contributed by atoms with E-state index in [1.54, 1.807) is 0 Å². The molecule has 2 rings (SSSR count). The number of benzene rings is 1. The second-order valence-electron chi connectivity index (χ2n) is 4.34. The van der Waals surface area contributed by atoms with Gasteiger partial charge in [0, 0.05) is 10.6 Å². The van der Waals surface area contributed by atoms with Gasteiger partial charge >= 0.3 is 0 Å². The van der Waals surface area contributed by atoms with Crippen molar-refractivity contribution < 1.29 is 5.11 Å². The van der Waals surface area contributed by atoms with Crippen molar-refractivity contribution in [3.05, 3.63) is 30.3 Å². The first kappa shape index (κ1) is 11.0. The highest BCUT2D eigenvalue weighted by atomic mass is 32.2. The molecule has 0 spiro atoms. The van der Waals surface area contributed by atoms with Crippen molar-refractivity contribution in [2.24, 2.45) is 0 Å². The SMILES string of the molecule is OC1(CCSc2ccccc2)CCCC1. The lowest BCUT2D eigenvalue weighted by atomic mass is 10.00. The van der Waals surface area contributed by atoms with E-state index in [-0.39, 0.29) is 5.60 Å². The van der Waals surface area contributed by atoms with E-state index in [0.717, 1.165) is 25.0 Å². The summed E-state index contributed by atoms with van der Waals surface area (Å²) in [5, 5.41) is 10.2. The Labute approximate surface area is 95.9 Å². The Kier molecular flexibility index (Phi) is 3.71. The van der Waals surface area contributed by atoms with E-state index < -0.39 is 0 Å². The Balaban J connectivity index is 1.75. The van der Waals surface area contributed by atoms with Crippen LogP contribution in [0.2, 0.25) is 0 Å². The van der Waals surface area contributed by atoms with E-state index >= 15 is 0 Å². The highest BCUT2D eigenvalue weighted by Crippen LogP contribution is 2.34. The monoisotopic (exact) mass is 222 g/mol. The van der Waals surface area contributed by atoms with Gasteiger partial charge in [-0.3, -0.25) is 0 Å². The van der Waals surface area contributed by atoms with Crippen molar-refractivity contribution in [2.45, 2.75) is 42.6 Å². The van der Waals surface area contributed by atoms with Crippen molar-refractivity contribution in [3.8, 4) is 0 Å². The van der Waals surface area contributed by atoms with Crippen molar-refractivity contribution in [1.82, 2.24) is 0 Å². The smallest absolute Gasteiger partial charge is 0.0655 e. The second-order valence-corrected chi connectivity index (χ2v) is 5.51. The average molecular weight is 222 g/mol. The fraction of sp³-hybridized carbons (Fsp3) is 0.538. The molecular formula is C13H18OS. The lowest BCUT2D eigenvalue weighted by molar-refractivity contribution is 0.0451. The quantitative estimate of drug-likeness (QED) is 0.787. The zero-order valence-electron chi connectivity index (χ0n) is 8.98. The first-order valence-corrected chi connectivity index (χ1v) is 6.67. The van der Waals surface area contributed by atoms with E-state index in [1.807, 2.05) is 17.8 Å². The molecule has 0 saturated heterocycles. The fourth-order valence-electron chi connectivity index (χ4n) is 2.16. The molecule has 0 unspecified atom stereocenters. The van der Waals surface area contributed by atoms with Gasteiger partial charge in [-0.1, -0.05) is 31.0 Å². The van der Waals surface area contributed by atoms with Gasteiger partial charge in [-0.25, -0.2) is 0 Å². The topological polar surface area (TPSA) is 20.2 Å². The van der Waals surface area contributed by atoms with Crippen LogP contribution in [0, 0.1) is 0 Å². The van der Waals surface area contributed by atoms with Crippen molar-refractivity contribution >= 4 is 11.8 Å². The molecule has 0 aliphatic heterocycles. The number of hydrogen-bond donors (Lipinski definition) is 1. The molecule has 0 amide bonds. The molecular weight excluding hydrogens is 204 g/mol. The van der Waals surface area contributed by atoms with Gasteiger partial charge in [0.15, 0.2) is 0 Å². The Morgan fingerprint density at radius 3 is 2.47 bits per heavy atom. The van der Waals surface area contributed by atoms with E-state index in [1.165, 1.54) is 17.7 Å². The minimum atomic E-state index is -0.345. The summed E-state index contributed by atoms with van der Waals surface area (Å²) < 4.78 is 0. The number of aliphatic hydroxyl groups is 1. The predicted octanol–water partition coefficient (Wildman–Crippen LogP) is 3.47. The summed E-state index contributed by atoms with van der Waals surface area (Å²) in [7, 11) is 0. The molecule has 0 atom stereocenters. The molecule has 15 heavy (non-hydrogen) atoms. The van der Waals surface area contributed by atoms with E-state index in [0.29, 0.717) is 0 Å². The lowest BCUT2D eigenvalue weighted by Gasteiger charge is -2.21. The minimum Gasteiger partial charge on any atom is -0.390 e. The first-order chi connectivity index (χ1) is 7.29. The third-order valence-corrected chi connectivity index (χ3v) is 4.13. The summed E-state index contributed by atoms with van der Waals surface area (Å²) in [5.41, 5.74) is -0.345. The largest absolute Gasteiger partial charge is 0.390 e. The van der Waals surface area contributed by atoms with Crippen LogP contribution in [0.15, 0.2) is 35.2 Å². The van der Waals surface area contributed by atoms with Gasteiger partial charge < -0.3 is 5.11 Å². The third kappa shape index (κ3) is 3.25. The predicted molar refractivity (Wildman–Crippen MR) is 65.2 cm³/mol. The van der Waals surface area contributed by atoms with Crippen LogP contribution in [-0.2, 0) is 0 Å². The molecule has 0 heterocycles. The van der Waals surface area contributed by atoms with Crippen LogP contribution in [0.4, 0.5) is 0 Å². The van der Waals surface area contributed by atoms with Gasteiger partial charge in [0.2, 0.25) is 0 Å². The number of hydrogen-bond acceptors (Lipinski definition) is 2. The summed E-state index contributed by atoms with van der Waals surface area (Å²) in [6.45, 7) is 0. The summed E-state index contributed by atoms with van der Waals surface area (Å²) in [5.74, 6) is 1.03. The Bertz CT molecular complexity index is 291. The summed E-state index contributed by atoms with van der Waals surface area (Å²) in [4.78, 5) is 1.30. The number of rotatable bonds is 4.